The first-order chi connectivity index (χ1) is 10.1. The highest BCUT2D eigenvalue weighted by Gasteiger charge is 2.22. The van der Waals surface area contributed by atoms with E-state index in [4.69, 9.17) is 10.2 Å². The lowest BCUT2D eigenvalue weighted by molar-refractivity contribution is -0.131. The number of carboxylic acids is 1. The van der Waals surface area contributed by atoms with Crippen molar-refractivity contribution in [1.82, 2.24) is 4.90 Å². The van der Waals surface area contributed by atoms with Crippen molar-refractivity contribution in [3.8, 4) is 0 Å². The number of hydrogen-bond donors (Lipinski definition) is 2. The van der Waals surface area contributed by atoms with Crippen LogP contribution in [0.5, 0.6) is 0 Å². The van der Waals surface area contributed by atoms with Gasteiger partial charge in [-0.3, -0.25) is 4.79 Å². The van der Waals surface area contributed by atoms with Crippen LogP contribution >= 0.6 is 0 Å². The van der Waals surface area contributed by atoms with E-state index in [1.807, 2.05) is 0 Å². The van der Waals surface area contributed by atoms with E-state index in [-0.39, 0.29) is 12.5 Å². The molecule has 112 valence electrons. The second kappa shape index (κ2) is 7.04. The number of benzene rings is 1. The van der Waals surface area contributed by atoms with Crippen LogP contribution in [-0.2, 0) is 4.79 Å². The van der Waals surface area contributed by atoms with E-state index in [1.165, 1.54) is 6.08 Å². The first-order valence-electron chi connectivity index (χ1n) is 7.01. The van der Waals surface area contributed by atoms with Gasteiger partial charge < -0.3 is 15.1 Å². The van der Waals surface area contributed by atoms with E-state index in [1.54, 1.807) is 29.2 Å². The molecule has 1 amide bonds. The summed E-state index contributed by atoms with van der Waals surface area (Å²) in [6, 6.07) is 6.88. The molecule has 0 unspecified atom stereocenters. The fourth-order valence-electron chi connectivity index (χ4n) is 2.41. The molecule has 0 aliphatic carbocycles. The average molecular weight is 289 g/mol. The van der Waals surface area contributed by atoms with Gasteiger partial charge in [0.05, 0.1) is 0 Å². The van der Waals surface area contributed by atoms with Crippen molar-refractivity contribution in [2.24, 2.45) is 5.92 Å². The fourth-order valence-corrected chi connectivity index (χ4v) is 2.41. The molecule has 2 rings (SSSR count). The van der Waals surface area contributed by atoms with Crippen LogP contribution in [0.4, 0.5) is 0 Å². The first-order valence-corrected chi connectivity index (χ1v) is 7.01. The molecular weight excluding hydrogens is 270 g/mol. The summed E-state index contributed by atoms with van der Waals surface area (Å²) in [5, 5.41) is 17.7. The van der Waals surface area contributed by atoms with Crippen LogP contribution in [0.1, 0.15) is 28.8 Å². The molecule has 0 saturated carbocycles. The summed E-state index contributed by atoms with van der Waals surface area (Å²) in [7, 11) is 0. The predicted molar refractivity (Wildman–Crippen MR) is 78.8 cm³/mol. The molecule has 1 aliphatic heterocycles. The molecule has 1 aromatic rings. The lowest BCUT2D eigenvalue weighted by Crippen LogP contribution is -2.39. The maximum absolute atomic E-state index is 12.3. The number of aliphatic carboxylic acids is 1. The normalized spacial score (nSPS) is 16.3. The van der Waals surface area contributed by atoms with Gasteiger partial charge in [-0.15, -0.1) is 0 Å². The summed E-state index contributed by atoms with van der Waals surface area (Å²) >= 11 is 0. The zero-order valence-corrected chi connectivity index (χ0v) is 11.7. The third-order valence-electron chi connectivity index (χ3n) is 3.74. The summed E-state index contributed by atoms with van der Waals surface area (Å²) in [5.74, 6) is -0.709. The van der Waals surface area contributed by atoms with E-state index in [0.29, 0.717) is 24.6 Å². The van der Waals surface area contributed by atoms with Gasteiger partial charge in [0.2, 0.25) is 0 Å². The molecule has 1 saturated heterocycles. The summed E-state index contributed by atoms with van der Waals surface area (Å²) in [6.07, 6.45) is 4.23. The highest BCUT2D eigenvalue weighted by molar-refractivity contribution is 5.94. The average Bonchev–Trinajstić information content (AvgIpc) is 2.53. The molecule has 1 fully saturated rings. The van der Waals surface area contributed by atoms with Gasteiger partial charge in [0, 0.05) is 31.3 Å². The molecule has 0 bridgehead atoms. The molecule has 5 heteroatoms. The van der Waals surface area contributed by atoms with Crippen molar-refractivity contribution in [2.75, 3.05) is 19.7 Å². The van der Waals surface area contributed by atoms with Gasteiger partial charge >= 0.3 is 5.97 Å². The van der Waals surface area contributed by atoms with Crippen molar-refractivity contribution < 1.29 is 19.8 Å². The minimum Gasteiger partial charge on any atom is -0.478 e. The molecule has 2 N–H and O–H groups in total. The summed E-state index contributed by atoms with van der Waals surface area (Å²) in [5.41, 5.74) is 1.35. The standard InChI is InChI=1S/C16H19NO4/c18-11-13-7-9-17(10-8-13)16(21)14-4-1-12(2-5-14)3-6-15(19)20/h1-6,13,18H,7-11H2,(H,19,20). The molecular formula is C16H19NO4. The number of hydrogen-bond acceptors (Lipinski definition) is 3. The van der Waals surface area contributed by atoms with Crippen molar-refractivity contribution >= 4 is 18.0 Å². The number of rotatable bonds is 4. The van der Waals surface area contributed by atoms with Gasteiger partial charge in [-0.1, -0.05) is 12.1 Å². The molecule has 5 nitrogen and oxygen atoms in total. The molecule has 0 aromatic heterocycles. The van der Waals surface area contributed by atoms with E-state index in [0.717, 1.165) is 24.5 Å². The molecule has 1 aromatic carbocycles. The molecule has 1 aliphatic rings. The number of carbonyl (C=O) groups is 2. The Bertz CT molecular complexity index is 528. The Morgan fingerprint density at radius 2 is 1.81 bits per heavy atom. The van der Waals surface area contributed by atoms with Gasteiger partial charge in [0.15, 0.2) is 0 Å². The number of aliphatic hydroxyl groups is 1. The molecule has 0 atom stereocenters. The van der Waals surface area contributed by atoms with Crippen LogP contribution in [-0.4, -0.2) is 46.7 Å². The first kappa shape index (κ1) is 15.3. The Kier molecular flexibility index (Phi) is 5.11. The number of nitrogens with zero attached hydrogens (tertiary/aromatic N) is 1. The largest absolute Gasteiger partial charge is 0.478 e. The highest BCUT2D eigenvalue weighted by Crippen LogP contribution is 2.18. The zero-order chi connectivity index (χ0) is 15.2. The Morgan fingerprint density at radius 1 is 1.19 bits per heavy atom. The number of likely N-dealkylation sites (tertiary alicyclic amines) is 1. The number of amides is 1. The van der Waals surface area contributed by atoms with Crippen molar-refractivity contribution in [2.45, 2.75) is 12.8 Å². The molecule has 1 heterocycles. The minimum absolute atomic E-state index is 0.0137. The second-order valence-electron chi connectivity index (χ2n) is 5.21. The number of piperidine rings is 1. The lowest BCUT2D eigenvalue weighted by Gasteiger charge is -2.31. The maximum atomic E-state index is 12.3. The minimum atomic E-state index is -0.998. The van der Waals surface area contributed by atoms with Crippen LogP contribution in [0.25, 0.3) is 6.08 Å². The smallest absolute Gasteiger partial charge is 0.328 e. The lowest BCUT2D eigenvalue weighted by atomic mass is 9.97. The fraction of sp³-hybridized carbons (Fsp3) is 0.375. The topological polar surface area (TPSA) is 77.8 Å². The van der Waals surface area contributed by atoms with E-state index < -0.39 is 5.97 Å². The number of carbonyl (C=O) groups excluding carboxylic acids is 1. The van der Waals surface area contributed by atoms with Gasteiger partial charge in [-0.05, 0) is 42.5 Å². The second-order valence-corrected chi connectivity index (χ2v) is 5.21. The van der Waals surface area contributed by atoms with Gasteiger partial charge in [-0.2, -0.15) is 0 Å². The van der Waals surface area contributed by atoms with Crippen molar-refractivity contribution in [3.63, 3.8) is 0 Å². The van der Waals surface area contributed by atoms with Gasteiger partial charge in [-0.25, -0.2) is 4.79 Å². The van der Waals surface area contributed by atoms with Crippen molar-refractivity contribution in [3.05, 3.63) is 41.5 Å². The monoisotopic (exact) mass is 289 g/mol. The molecule has 0 spiro atoms. The predicted octanol–water partition coefficient (Wildman–Crippen LogP) is 1.63. The van der Waals surface area contributed by atoms with E-state index >= 15 is 0 Å². The maximum Gasteiger partial charge on any atom is 0.328 e. The summed E-state index contributed by atoms with van der Waals surface area (Å²) in [6.45, 7) is 1.53. The Hall–Kier alpha value is -2.14. The SMILES string of the molecule is O=C(O)C=Cc1ccc(C(=O)N2CCC(CO)CC2)cc1. The van der Waals surface area contributed by atoms with E-state index in [2.05, 4.69) is 0 Å². The van der Waals surface area contributed by atoms with E-state index in [9.17, 15) is 9.59 Å². The van der Waals surface area contributed by atoms with Crippen LogP contribution in [0.2, 0.25) is 0 Å². The summed E-state index contributed by atoms with van der Waals surface area (Å²) in [4.78, 5) is 24.6. The number of carboxylic acid groups (broad SMARTS) is 1. The highest BCUT2D eigenvalue weighted by atomic mass is 16.4. The third kappa shape index (κ3) is 4.16. The zero-order valence-electron chi connectivity index (χ0n) is 11.7. The third-order valence-corrected chi connectivity index (χ3v) is 3.74. The molecule has 0 radical (unpaired) electrons. The van der Waals surface area contributed by atoms with Crippen LogP contribution in [0.15, 0.2) is 30.3 Å². The van der Waals surface area contributed by atoms with Crippen LogP contribution in [0, 0.1) is 5.92 Å². The van der Waals surface area contributed by atoms with Gasteiger partial charge in [0.25, 0.3) is 5.91 Å². The summed E-state index contributed by atoms with van der Waals surface area (Å²) < 4.78 is 0. The van der Waals surface area contributed by atoms with Crippen LogP contribution in [0.3, 0.4) is 0 Å². The number of aliphatic hydroxyl groups excluding tert-OH is 1. The van der Waals surface area contributed by atoms with Gasteiger partial charge in [0.1, 0.15) is 0 Å². The Balaban J connectivity index is 1.98. The molecule has 21 heavy (non-hydrogen) atoms. The van der Waals surface area contributed by atoms with Crippen LogP contribution < -0.4 is 0 Å². The Labute approximate surface area is 123 Å². The quantitative estimate of drug-likeness (QED) is 0.826. The Morgan fingerprint density at radius 3 is 2.33 bits per heavy atom. The van der Waals surface area contributed by atoms with Crippen molar-refractivity contribution in [1.29, 1.82) is 0 Å².